The summed E-state index contributed by atoms with van der Waals surface area (Å²) < 4.78 is 20.7. The highest BCUT2D eigenvalue weighted by Crippen LogP contribution is 2.28. The van der Waals surface area contributed by atoms with Crippen molar-refractivity contribution in [2.75, 3.05) is 13.1 Å². The van der Waals surface area contributed by atoms with Crippen molar-refractivity contribution >= 4 is 28.2 Å². The average molecular weight is 391 g/mol. The van der Waals surface area contributed by atoms with E-state index in [-0.39, 0.29) is 18.0 Å². The van der Waals surface area contributed by atoms with Crippen molar-refractivity contribution in [2.24, 2.45) is 5.92 Å². The quantitative estimate of drug-likeness (QED) is 0.708. The van der Waals surface area contributed by atoms with E-state index in [0.29, 0.717) is 17.3 Å². The standard InChI is InChI=1S/C21H30N2O3S/c1-14(2)23(15(3)4)21(24)20-13-17-12-18(6-7-19(17)26-20)27(25)22-10-8-16(5)9-11-22/h6-7,12-16H,8-11H2,1-5H3. The first kappa shape index (κ1) is 20.2. The molecule has 2 aromatic rings. The van der Waals surface area contributed by atoms with Crippen molar-refractivity contribution in [1.29, 1.82) is 0 Å². The summed E-state index contributed by atoms with van der Waals surface area (Å²) in [6.07, 6.45) is 2.16. The van der Waals surface area contributed by atoms with Crippen LogP contribution in [0.15, 0.2) is 33.6 Å². The van der Waals surface area contributed by atoms with Gasteiger partial charge in [-0.1, -0.05) is 6.92 Å². The molecule has 0 radical (unpaired) electrons. The molecule has 27 heavy (non-hydrogen) atoms. The van der Waals surface area contributed by atoms with Gasteiger partial charge in [0, 0.05) is 36.6 Å². The Morgan fingerprint density at radius 1 is 1.19 bits per heavy atom. The molecule has 0 aliphatic carbocycles. The fourth-order valence-corrected chi connectivity index (χ4v) is 4.98. The summed E-state index contributed by atoms with van der Waals surface area (Å²) in [6, 6.07) is 7.51. The Hall–Kier alpha value is -1.50. The van der Waals surface area contributed by atoms with Crippen molar-refractivity contribution in [3.8, 4) is 0 Å². The summed E-state index contributed by atoms with van der Waals surface area (Å²) in [7, 11) is 0. The van der Waals surface area contributed by atoms with Gasteiger partial charge in [0.2, 0.25) is 0 Å². The van der Waals surface area contributed by atoms with E-state index in [1.165, 1.54) is 0 Å². The maximum atomic E-state index is 12.9. The molecule has 1 aromatic heterocycles. The fraction of sp³-hybridized carbons (Fsp3) is 0.571. The highest BCUT2D eigenvalue weighted by Gasteiger charge is 2.28. The number of furan rings is 1. The molecule has 1 atom stereocenters. The first-order valence-corrected chi connectivity index (χ1v) is 10.9. The van der Waals surface area contributed by atoms with Gasteiger partial charge >= 0.3 is 0 Å². The van der Waals surface area contributed by atoms with Crippen LogP contribution in [-0.4, -0.2) is 44.8 Å². The maximum absolute atomic E-state index is 12.9. The van der Waals surface area contributed by atoms with Crippen LogP contribution in [0.2, 0.25) is 0 Å². The normalized spacial score (nSPS) is 17.8. The number of benzene rings is 1. The van der Waals surface area contributed by atoms with Crippen molar-refractivity contribution in [3.63, 3.8) is 0 Å². The maximum Gasteiger partial charge on any atom is 0.290 e. The van der Waals surface area contributed by atoms with Gasteiger partial charge < -0.3 is 13.9 Å². The summed E-state index contributed by atoms with van der Waals surface area (Å²) in [5.74, 6) is 0.930. The number of fused-ring (bicyclic) bond motifs is 1. The average Bonchev–Trinajstić information content (AvgIpc) is 3.04. The number of rotatable bonds is 5. The molecular formula is C21H30N2O3S. The van der Waals surface area contributed by atoms with E-state index in [1.807, 2.05) is 55.1 Å². The Kier molecular flexibility index (Phi) is 6.18. The van der Waals surface area contributed by atoms with E-state index in [1.54, 1.807) is 6.07 Å². The van der Waals surface area contributed by atoms with Gasteiger partial charge in [0.1, 0.15) is 5.58 Å². The van der Waals surface area contributed by atoms with Gasteiger partial charge in [-0.05, 0) is 64.7 Å². The molecular weight excluding hydrogens is 360 g/mol. The molecule has 6 heteroatoms. The summed E-state index contributed by atoms with van der Waals surface area (Å²) in [5, 5.41) is 0.821. The van der Waals surface area contributed by atoms with Gasteiger partial charge in [-0.3, -0.25) is 4.79 Å². The molecule has 1 fully saturated rings. The second-order valence-corrected chi connectivity index (χ2v) is 9.56. The Morgan fingerprint density at radius 2 is 1.81 bits per heavy atom. The van der Waals surface area contributed by atoms with Crippen LogP contribution >= 0.6 is 0 Å². The van der Waals surface area contributed by atoms with Gasteiger partial charge in [0.25, 0.3) is 5.91 Å². The SMILES string of the molecule is CC1CCN([S+]([O-])c2ccc3oc(C(=O)N(C(C)C)C(C)C)cc3c2)CC1. The highest BCUT2D eigenvalue weighted by molar-refractivity contribution is 7.89. The summed E-state index contributed by atoms with van der Waals surface area (Å²) >= 11 is -1.17. The summed E-state index contributed by atoms with van der Waals surface area (Å²) in [5.41, 5.74) is 0.652. The lowest BCUT2D eigenvalue weighted by atomic mass is 10.0. The molecule has 0 N–H and O–H groups in total. The van der Waals surface area contributed by atoms with Gasteiger partial charge in [-0.15, -0.1) is 4.31 Å². The van der Waals surface area contributed by atoms with Gasteiger partial charge in [0.05, 0.1) is 11.4 Å². The van der Waals surface area contributed by atoms with Crippen molar-refractivity contribution in [2.45, 2.75) is 64.4 Å². The lowest BCUT2D eigenvalue weighted by Crippen LogP contribution is -2.41. The minimum absolute atomic E-state index is 0.0928. The van der Waals surface area contributed by atoms with Crippen LogP contribution in [-0.2, 0) is 11.4 Å². The summed E-state index contributed by atoms with van der Waals surface area (Å²) in [6.45, 7) is 12.0. The number of piperidine rings is 1. The molecule has 1 unspecified atom stereocenters. The van der Waals surface area contributed by atoms with E-state index in [4.69, 9.17) is 4.42 Å². The molecule has 1 aliphatic rings. The topological polar surface area (TPSA) is 59.8 Å². The Morgan fingerprint density at radius 3 is 2.41 bits per heavy atom. The molecule has 1 saturated heterocycles. The number of carbonyl (C=O) groups excluding carboxylic acids is 1. The van der Waals surface area contributed by atoms with E-state index in [9.17, 15) is 9.35 Å². The van der Waals surface area contributed by atoms with Crippen LogP contribution in [0.5, 0.6) is 0 Å². The van der Waals surface area contributed by atoms with Crippen LogP contribution in [0, 0.1) is 5.92 Å². The highest BCUT2D eigenvalue weighted by atomic mass is 32.2. The van der Waals surface area contributed by atoms with Gasteiger partial charge in [-0.2, -0.15) is 0 Å². The Balaban J connectivity index is 1.83. The smallest absolute Gasteiger partial charge is 0.290 e. The minimum Gasteiger partial charge on any atom is -0.593 e. The van der Waals surface area contributed by atoms with Crippen LogP contribution in [0.1, 0.15) is 58.0 Å². The van der Waals surface area contributed by atoms with Crippen molar-refractivity contribution < 1.29 is 13.8 Å². The molecule has 1 amide bonds. The van der Waals surface area contributed by atoms with Crippen LogP contribution in [0.3, 0.4) is 0 Å². The third kappa shape index (κ3) is 4.33. The number of carbonyl (C=O) groups is 1. The lowest BCUT2D eigenvalue weighted by Gasteiger charge is -2.30. The first-order chi connectivity index (χ1) is 12.8. The lowest BCUT2D eigenvalue weighted by molar-refractivity contribution is 0.0613. The predicted molar refractivity (Wildman–Crippen MR) is 109 cm³/mol. The van der Waals surface area contributed by atoms with Crippen LogP contribution in [0.25, 0.3) is 11.0 Å². The van der Waals surface area contributed by atoms with Gasteiger partial charge in [-0.25, -0.2) is 0 Å². The first-order valence-electron chi connectivity index (χ1n) is 9.81. The number of amides is 1. The largest absolute Gasteiger partial charge is 0.593 e. The molecule has 148 valence electrons. The zero-order chi connectivity index (χ0) is 19.7. The molecule has 2 heterocycles. The molecule has 0 bridgehead atoms. The van der Waals surface area contributed by atoms with E-state index >= 15 is 0 Å². The fourth-order valence-electron chi connectivity index (χ4n) is 3.73. The number of hydrogen-bond donors (Lipinski definition) is 0. The number of hydrogen-bond acceptors (Lipinski definition) is 4. The molecule has 0 spiro atoms. The third-order valence-electron chi connectivity index (χ3n) is 5.22. The van der Waals surface area contributed by atoms with E-state index in [2.05, 4.69) is 6.92 Å². The van der Waals surface area contributed by atoms with E-state index < -0.39 is 11.4 Å². The Bertz CT molecular complexity index is 786. The number of nitrogens with zero attached hydrogens (tertiary/aromatic N) is 2. The zero-order valence-electron chi connectivity index (χ0n) is 16.9. The van der Waals surface area contributed by atoms with Crippen molar-refractivity contribution in [3.05, 3.63) is 30.0 Å². The molecule has 5 nitrogen and oxygen atoms in total. The van der Waals surface area contributed by atoms with Crippen LogP contribution in [0.4, 0.5) is 0 Å². The van der Waals surface area contributed by atoms with Crippen LogP contribution < -0.4 is 0 Å². The summed E-state index contributed by atoms with van der Waals surface area (Å²) in [4.78, 5) is 15.4. The zero-order valence-corrected chi connectivity index (χ0v) is 17.7. The monoisotopic (exact) mass is 390 g/mol. The third-order valence-corrected chi connectivity index (χ3v) is 6.72. The minimum atomic E-state index is -1.17. The predicted octanol–water partition coefficient (Wildman–Crippen LogP) is 4.45. The van der Waals surface area contributed by atoms with Crippen molar-refractivity contribution in [1.82, 2.24) is 9.21 Å². The van der Waals surface area contributed by atoms with Gasteiger partial charge in [0.15, 0.2) is 10.7 Å². The van der Waals surface area contributed by atoms with E-state index in [0.717, 1.165) is 36.2 Å². The molecule has 0 saturated carbocycles. The molecule has 3 rings (SSSR count). The Labute approximate surface area is 165 Å². The second-order valence-electron chi connectivity index (χ2n) is 8.07. The molecule has 1 aromatic carbocycles. The second kappa shape index (κ2) is 8.25. The molecule has 1 aliphatic heterocycles.